The molecule has 0 spiro atoms. The topological polar surface area (TPSA) is 41.6 Å². The fourth-order valence-electron chi connectivity index (χ4n) is 2.44. The van der Waals surface area contributed by atoms with Gasteiger partial charge in [0.2, 0.25) is 0 Å². The highest BCUT2D eigenvalue weighted by Crippen LogP contribution is 2.29. The van der Waals surface area contributed by atoms with Crippen LogP contribution in [0.25, 0.3) is 33.1 Å². The first-order valence-corrected chi connectivity index (χ1v) is 6.31. The molecule has 0 saturated heterocycles. The zero-order valence-corrected chi connectivity index (χ0v) is 10.5. The lowest BCUT2D eigenvalue weighted by Crippen LogP contribution is -1.82. The maximum Gasteiger partial charge on any atom is 0.123 e. The summed E-state index contributed by atoms with van der Waals surface area (Å²) < 4.78 is 13.0. The molecule has 0 aliphatic rings. The molecule has 2 heterocycles. The summed E-state index contributed by atoms with van der Waals surface area (Å²) in [7, 11) is 0. The maximum absolute atomic E-state index is 13.0. The first-order chi connectivity index (χ1) is 9.83. The van der Waals surface area contributed by atoms with Crippen molar-refractivity contribution < 1.29 is 4.39 Å². The van der Waals surface area contributed by atoms with E-state index >= 15 is 0 Å². The number of nitrogens with zero attached hydrogens (tertiary/aromatic N) is 2. The summed E-state index contributed by atoms with van der Waals surface area (Å²) in [6.45, 7) is 0. The second-order valence-electron chi connectivity index (χ2n) is 4.64. The minimum absolute atomic E-state index is 0.253. The minimum atomic E-state index is -0.253. The van der Waals surface area contributed by atoms with Crippen molar-refractivity contribution >= 4 is 21.8 Å². The number of rotatable bonds is 1. The summed E-state index contributed by atoms with van der Waals surface area (Å²) in [6.07, 6.45) is 1.81. The third-order valence-electron chi connectivity index (χ3n) is 3.43. The molecule has 3 nitrogen and oxygen atoms in total. The smallest absolute Gasteiger partial charge is 0.123 e. The Balaban J connectivity index is 2.02. The van der Waals surface area contributed by atoms with E-state index in [9.17, 15) is 4.39 Å². The lowest BCUT2D eigenvalue weighted by molar-refractivity contribution is 0.628. The first-order valence-electron chi connectivity index (χ1n) is 6.31. The van der Waals surface area contributed by atoms with Crippen molar-refractivity contribution in [2.45, 2.75) is 0 Å². The zero-order valence-electron chi connectivity index (χ0n) is 10.5. The number of aromatic amines is 1. The number of H-pyrrole nitrogens is 1. The number of pyridine rings is 1. The molecule has 0 atom stereocenters. The standard InChI is InChI=1S/C16H10FN3/c17-11-7-5-10(6-8-11)15-13-9-18-14-4-2-1-3-12(14)16(13)20-19-15/h1-9H,(H,19,20). The van der Waals surface area contributed by atoms with Crippen LogP contribution in [-0.2, 0) is 0 Å². The summed E-state index contributed by atoms with van der Waals surface area (Å²) in [5.74, 6) is -0.253. The lowest BCUT2D eigenvalue weighted by Gasteiger charge is -2.00. The zero-order chi connectivity index (χ0) is 13.5. The van der Waals surface area contributed by atoms with Crippen LogP contribution in [0.15, 0.2) is 54.7 Å². The Morgan fingerprint density at radius 3 is 2.55 bits per heavy atom. The van der Waals surface area contributed by atoms with Crippen LogP contribution in [0.1, 0.15) is 0 Å². The van der Waals surface area contributed by atoms with E-state index in [1.807, 2.05) is 24.3 Å². The van der Waals surface area contributed by atoms with E-state index in [1.165, 1.54) is 12.1 Å². The molecule has 0 bridgehead atoms. The van der Waals surface area contributed by atoms with Gasteiger partial charge in [-0.15, -0.1) is 0 Å². The molecule has 0 aliphatic heterocycles. The SMILES string of the molecule is Fc1ccc(-c2n[nH]c3c2cnc2ccccc23)cc1. The summed E-state index contributed by atoms with van der Waals surface area (Å²) in [5, 5.41) is 9.39. The molecule has 20 heavy (non-hydrogen) atoms. The molecule has 0 saturated carbocycles. The molecule has 0 radical (unpaired) electrons. The fraction of sp³-hybridized carbons (Fsp3) is 0. The Bertz CT molecular complexity index is 910. The maximum atomic E-state index is 13.0. The van der Waals surface area contributed by atoms with Crippen molar-refractivity contribution in [2.75, 3.05) is 0 Å². The van der Waals surface area contributed by atoms with Crippen LogP contribution in [0, 0.1) is 5.82 Å². The monoisotopic (exact) mass is 263 g/mol. The van der Waals surface area contributed by atoms with E-state index in [0.717, 1.165) is 33.1 Å². The normalized spacial score (nSPS) is 11.2. The van der Waals surface area contributed by atoms with Gasteiger partial charge in [0.05, 0.1) is 11.0 Å². The van der Waals surface area contributed by atoms with Gasteiger partial charge in [0, 0.05) is 22.5 Å². The van der Waals surface area contributed by atoms with Crippen molar-refractivity contribution in [3.63, 3.8) is 0 Å². The Morgan fingerprint density at radius 1 is 0.900 bits per heavy atom. The van der Waals surface area contributed by atoms with Crippen LogP contribution in [0.2, 0.25) is 0 Å². The second-order valence-corrected chi connectivity index (χ2v) is 4.64. The van der Waals surface area contributed by atoms with Gasteiger partial charge in [-0.2, -0.15) is 5.10 Å². The predicted molar refractivity (Wildman–Crippen MR) is 76.8 cm³/mol. The van der Waals surface area contributed by atoms with Crippen LogP contribution in [-0.4, -0.2) is 15.2 Å². The number of hydrogen-bond acceptors (Lipinski definition) is 2. The van der Waals surface area contributed by atoms with Gasteiger partial charge in [-0.3, -0.25) is 10.1 Å². The molecule has 0 aliphatic carbocycles. The van der Waals surface area contributed by atoms with Crippen molar-refractivity contribution in [1.82, 2.24) is 15.2 Å². The molecule has 2 aromatic carbocycles. The molecular weight excluding hydrogens is 253 g/mol. The van der Waals surface area contributed by atoms with E-state index < -0.39 is 0 Å². The molecule has 2 aromatic heterocycles. The minimum Gasteiger partial charge on any atom is -0.276 e. The van der Waals surface area contributed by atoms with Crippen molar-refractivity contribution in [2.24, 2.45) is 0 Å². The number of halogens is 1. The van der Waals surface area contributed by atoms with Crippen molar-refractivity contribution in [3.05, 3.63) is 60.5 Å². The molecule has 96 valence electrons. The molecule has 0 amide bonds. The molecule has 4 aromatic rings. The van der Waals surface area contributed by atoms with Crippen LogP contribution in [0.4, 0.5) is 4.39 Å². The van der Waals surface area contributed by atoms with Crippen LogP contribution < -0.4 is 0 Å². The van der Waals surface area contributed by atoms with Gasteiger partial charge in [0.1, 0.15) is 11.5 Å². The summed E-state index contributed by atoms with van der Waals surface area (Å²) in [6, 6.07) is 14.2. The molecule has 4 rings (SSSR count). The van der Waals surface area contributed by atoms with Gasteiger partial charge >= 0.3 is 0 Å². The Morgan fingerprint density at radius 2 is 1.70 bits per heavy atom. The third kappa shape index (κ3) is 1.58. The van der Waals surface area contributed by atoms with Gasteiger partial charge < -0.3 is 0 Å². The summed E-state index contributed by atoms with van der Waals surface area (Å²) in [5.41, 5.74) is 3.54. The molecule has 0 fully saturated rings. The second kappa shape index (κ2) is 4.13. The van der Waals surface area contributed by atoms with Gasteiger partial charge in [-0.1, -0.05) is 18.2 Å². The largest absolute Gasteiger partial charge is 0.276 e. The highest BCUT2D eigenvalue weighted by atomic mass is 19.1. The Kier molecular flexibility index (Phi) is 2.29. The van der Waals surface area contributed by atoms with E-state index in [4.69, 9.17) is 0 Å². The van der Waals surface area contributed by atoms with Crippen LogP contribution in [0.3, 0.4) is 0 Å². The van der Waals surface area contributed by atoms with E-state index in [0.29, 0.717) is 0 Å². The average Bonchev–Trinajstić information content (AvgIpc) is 2.92. The number of benzene rings is 2. The predicted octanol–water partition coefficient (Wildman–Crippen LogP) is 3.92. The third-order valence-corrected chi connectivity index (χ3v) is 3.43. The lowest BCUT2D eigenvalue weighted by atomic mass is 10.1. The molecule has 4 heteroatoms. The quantitative estimate of drug-likeness (QED) is 0.565. The number of nitrogens with one attached hydrogen (secondary N) is 1. The Labute approximate surface area is 114 Å². The Hall–Kier alpha value is -2.75. The van der Waals surface area contributed by atoms with Gasteiger partial charge in [-0.05, 0) is 30.3 Å². The van der Waals surface area contributed by atoms with Crippen molar-refractivity contribution in [3.8, 4) is 11.3 Å². The van der Waals surface area contributed by atoms with E-state index in [1.54, 1.807) is 18.3 Å². The van der Waals surface area contributed by atoms with Crippen LogP contribution >= 0.6 is 0 Å². The van der Waals surface area contributed by atoms with E-state index in [-0.39, 0.29) is 5.82 Å². The first kappa shape index (κ1) is 11.1. The number of hydrogen-bond donors (Lipinski definition) is 1. The fourth-order valence-corrected chi connectivity index (χ4v) is 2.44. The highest BCUT2D eigenvalue weighted by molar-refractivity contribution is 6.07. The average molecular weight is 263 g/mol. The number of para-hydroxylation sites is 1. The van der Waals surface area contributed by atoms with Crippen molar-refractivity contribution in [1.29, 1.82) is 0 Å². The summed E-state index contributed by atoms with van der Waals surface area (Å²) in [4.78, 5) is 4.45. The molecule has 0 unspecified atom stereocenters. The van der Waals surface area contributed by atoms with Gasteiger partial charge in [-0.25, -0.2) is 4.39 Å². The van der Waals surface area contributed by atoms with Crippen LogP contribution in [0.5, 0.6) is 0 Å². The molecule has 1 N–H and O–H groups in total. The number of fused-ring (bicyclic) bond motifs is 3. The summed E-state index contributed by atoms with van der Waals surface area (Å²) >= 11 is 0. The van der Waals surface area contributed by atoms with Gasteiger partial charge in [0.15, 0.2) is 0 Å². The van der Waals surface area contributed by atoms with E-state index in [2.05, 4.69) is 15.2 Å². The van der Waals surface area contributed by atoms with Gasteiger partial charge in [0.25, 0.3) is 0 Å². The number of aromatic nitrogens is 3. The highest BCUT2D eigenvalue weighted by Gasteiger charge is 2.11. The molecular formula is C16H10FN3.